The van der Waals surface area contributed by atoms with Crippen LogP contribution in [0.25, 0.3) is 0 Å². The van der Waals surface area contributed by atoms with Crippen LogP contribution in [0.15, 0.2) is 36.7 Å². The quantitative estimate of drug-likeness (QED) is 0.315. The summed E-state index contributed by atoms with van der Waals surface area (Å²) in [7, 11) is 3.24. The fraction of sp³-hybridized carbons (Fsp3) is 0.698. The third kappa shape index (κ3) is 9.97. The minimum atomic E-state index is -0.175. The SMILES string of the molecule is CCC(C)(C)N1CCC(N2CCN(c3ccc(C(=O)NC)nc3)CC2)C1=O.CCC(C)(CC)C1CCCC(N2CCN(c3ccc(C(=O)NC)nc3)CC2)C1. The number of carbonyl (C=O) groups is 3. The minimum Gasteiger partial charge on any atom is -0.368 e. The summed E-state index contributed by atoms with van der Waals surface area (Å²) >= 11 is 0. The third-order valence-corrected chi connectivity index (χ3v) is 13.8. The molecular formula is C43H69N9O3. The molecular weight excluding hydrogens is 691 g/mol. The number of anilines is 2. The van der Waals surface area contributed by atoms with Gasteiger partial charge in [-0.1, -0.05) is 47.0 Å². The van der Waals surface area contributed by atoms with Gasteiger partial charge in [-0.3, -0.25) is 24.2 Å². The summed E-state index contributed by atoms with van der Waals surface area (Å²) in [5, 5.41) is 5.21. The highest BCUT2D eigenvalue weighted by atomic mass is 16.2. The highest BCUT2D eigenvalue weighted by Crippen LogP contribution is 2.44. The molecule has 3 amide bonds. The van der Waals surface area contributed by atoms with E-state index < -0.39 is 0 Å². The lowest BCUT2D eigenvalue weighted by atomic mass is 9.66. The Morgan fingerprint density at radius 3 is 1.64 bits per heavy atom. The third-order valence-electron chi connectivity index (χ3n) is 13.8. The highest BCUT2D eigenvalue weighted by molar-refractivity contribution is 5.92. The molecule has 3 aliphatic heterocycles. The van der Waals surface area contributed by atoms with E-state index in [-0.39, 0.29) is 29.3 Å². The van der Waals surface area contributed by atoms with Gasteiger partial charge >= 0.3 is 0 Å². The van der Waals surface area contributed by atoms with Crippen molar-refractivity contribution in [3.8, 4) is 0 Å². The maximum atomic E-state index is 12.9. The van der Waals surface area contributed by atoms with Crippen molar-refractivity contribution in [1.82, 2.24) is 35.3 Å². The Morgan fingerprint density at radius 2 is 1.20 bits per heavy atom. The van der Waals surface area contributed by atoms with E-state index in [1.54, 1.807) is 26.4 Å². The van der Waals surface area contributed by atoms with Gasteiger partial charge in [0, 0.05) is 84.6 Å². The molecule has 12 heteroatoms. The van der Waals surface area contributed by atoms with Crippen LogP contribution >= 0.6 is 0 Å². The lowest BCUT2D eigenvalue weighted by molar-refractivity contribution is -0.136. The summed E-state index contributed by atoms with van der Waals surface area (Å²) in [5.41, 5.74) is 3.50. The molecule has 2 N–H and O–H groups in total. The number of aromatic nitrogens is 2. The summed E-state index contributed by atoms with van der Waals surface area (Å²) in [5.74, 6) is 0.854. The average Bonchev–Trinajstić information content (AvgIpc) is 3.65. The van der Waals surface area contributed by atoms with E-state index in [0.29, 0.717) is 16.8 Å². The first-order valence-electron chi connectivity index (χ1n) is 21.0. The topological polar surface area (TPSA) is 117 Å². The fourth-order valence-electron chi connectivity index (χ4n) is 9.06. The summed E-state index contributed by atoms with van der Waals surface area (Å²) < 4.78 is 0. The molecule has 3 saturated heterocycles. The second kappa shape index (κ2) is 18.9. The van der Waals surface area contributed by atoms with Crippen molar-refractivity contribution in [1.29, 1.82) is 0 Å². The molecule has 5 heterocycles. The molecule has 2 aromatic rings. The van der Waals surface area contributed by atoms with Crippen LogP contribution in [0.5, 0.6) is 0 Å². The standard InChI is InChI=1S/C23H38N4O.C20H31N5O2/c1-5-23(3,6-2)18-8-7-9-19(16-18)26-12-14-27(15-13-26)20-10-11-21(25-17-20)22(28)24-4;1-5-20(2,3)25-9-8-17(19(25)27)24-12-10-23(11-13-24)15-6-7-16(22-14-15)18(26)21-4/h10-11,17-19H,5-9,12-16H2,1-4H3,(H,24,28);6-7,14,17H,5,8-13H2,1-4H3,(H,21,26). The second-order valence-electron chi connectivity index (χ2n) is 16.8. The van der Waals surface area contributed by atoms with Crippen molar-refractivity contribution < 1.29 is 14.4 Å². The van der Waals surface area contributed by atoms with Crippen molar-refractivity contribution in [3.63, 3.8) is 0 Å². The normalized spacial score (nSPS) is 22.9. The Kier molecular flexibility index (Phi) is 14.6. The number of hydrogen-bond acceptors (Lipinski definition) is 9. The number of piperazine rings is 2. The molecule has 1 aliphatic carbocycles. The van der Waals surface area contributed by atoms with Gasteiger partial charge in [0.25, 0.3) is 11.8 Å². The van der Waals surface area contributed by atoms with Crippen molar-refractivity contribution in [2.45, 2.75) is 111 Å². The van der Waals surface area contributed by atoms with Crippen molar-refractivity contribution in [2.75, 3.05) is 82.8 Å². The van der Waals surface area contributed by atoms with E-state index in [1.807, 2.05) is 24.4 Å². The maximum absolute atomic E-state index is 12.9. The molecule has 0 radical (unpaired) electrons. The highest BCUT2D eigenvalue weighted by Gasteiger charge is 2.42. The molecule has 2 aromatic heterocycles. The zero-order valence-electron chi connectivity index (χ0n) is 35.1. The molecule has 0 spiro atoms. The molecule has 12 nitrogen and oxygen atoms in total. The number of rotatable bonds is 11. The number of pyridine rings is 2. The van der Waals surface area contributed by atoms with Gasteiger partial charge in [-0.25, -0.2) is 9.97 Å². The molecule has 3 atom stereocenters. The van der Waals surface area contributed by atoms with Crippen LogP contribution in [0.3, 0.4) is 0 Å². The molecule has 0 bridgehead atoms. The molecule has 3 unspecified atom stereocenters. The predicted molar refractivity (Wildman–Crippen MR) is 222 cm³/mol. The summed E-state index contributed by atoms with van der Waals surface area (Å²) in [4.78, 5) is 56.6. The zero-order chi connectivity index (χ0) is 39.8. The Bertz CT molecular complexity index is 1550. The van der Waals surface area contributed by atoms with Crippen molar-refractivity contribution >= 4 is 29.1 Å². The van der Waals surface area contributed by atoms with E-state index in [2.05, 4.69) is 86.6 Å². The average molecular weight is 760 g/mol. The summed E-state index contributed by atoms with van der Waals surface area (Å²) in [6.07, 6.45) is 13.6. The smallest absolute Gasteiger partial charge is 0.269 e. The Labute approximate surface area is 330 Å². The first-order chi connectivity index (χ1) is 26.4. The molecule has 0 aromatic carbocycles. The Morgan fingerprint density at radius 1 is 0.691 bits per heavy atom. The van der Waals surface area contributed by atoms with Crippen LogP contribution in [0, 0.1) is 11.3 Å². The monoisotopic (exact) mass is 760 g/mol. The van der Waals surface area contributed by atoms with Gasteiger partial charge in [-0.05, 0) is 81.5 Å². The zero-order valence-corrected chi connectivity index (χ0v) is 35.1. The van der Waals surface area contributed by atoms with Crippen LogP contribution < -0.4 is 20.4 Å². The van der Waals surface area contributed by atoms with Gasteiger partial charge in [-0.2, -0.15) is 0 Å². The molecule has 4 fully saturated rings. The summed E-state index contributed by atoms with van der Waals surface area (Å²) in [6.45, 7) is 22.4. The van der Waals surface area contributed by atoms with Crippen molar-refractivity contribution in [2.24, 2.45) is 11.3 Å². The number of nitrogens with one attached hydrogen (secondary N) is 2. The molecule has 55 heavy (non-hydrogen) atoms. The Hall–Kier alpha value is -3.77. The molecule has 4 aliphatic rings. The van der Waals surface area contributed by atoms with Crippen LogP contribution in [-0.2, 0) is 4.79 Å². The van der Waals surface area contributed by atoms with Crippen molar-refractivity contribution in [3.05, 3.63) is 48.0 Å². The van der Waals surface area contributed by atoms with Crippen LogP contribution in [-0.4, -0.2) is 133 Å². The van der Waals surface area contributed by atoms with Gasteiger partial charge in [0.2, 0.25) is 5.91 Å². The molecule has 6 rings (SSSR count). The molecule has 1 saturated carbocycles. The Balaban J connectivity index is 0.000000211. The van der Waals surface area contributed by atoms with Gasteiger partial charge < -0.3 is 25.3 Å². The second-order valence-corrected chi connectivity index (χ2v) is 16.8. The van der Waals surface area contributed by atoms with Gasteiger partial charge in [0.05, 0.1) is 29.8 Å². The number of amides is 3. The number of carbonyl (C=O) groups excluding carboxylic acids is 3. The van der Waals surface area contributed by atoms with Gasteiger partial charge in [0.1, 0.15) is 11.4 Å². The van der Waals surface area contributed by atoms with Gasteiger partial charge in [0.15, 0.2) is 0 Å². The summed E-state index contributed by atoms with van der Waals surface area (Å²) in [6, 6.07) is 8.32. The minimum absolute atomic E-state index is 0.0201. The lowest BCUT2D eigenvalue weighted by Crippen LogP contribution is -2.54. The number of hydrogen-bond donors (Lipinski definition) is 2. The first-order valence-corrected chi connectivity index (χ1v) is 21.0. The first kappa shape index (κ1) is 42.4. The van der Waals surface area contributed by atoms with E-state index in [1.165, 1.54) is 38.5 Å². The van der Waals surface area contributed by atoms with E-state index in [9.17, 15) is 14.4 Å². The van der Waals surface area contributed by atoms with E-state index in [4.69, 9.17) is 0 Å². The lowest BCUT2D eigenvalue weighted by Gasteiger charge is -2.47. The molecule has 304 valence electrons. The van der Waals surface area contributed by atoms with Crippen LogP contribution in [0.4, 0.5) is 11.4 Å². The van der Waals surface area contributed by atoms with E-state index in [0.717, 1.165) is 95.1 Å². The van der Waals surface area contributed by atoms with Gasteiger partial charge in [-0.15, -0.1) is 0 Å². The van der Waals surface area contributed by atoms with Crippen LogP contribution in [0.2, 0.25) is 0 Å². The fourth-order valence-corrected chi connectivity index (χ4v) is 9.06. The van der Waals surface area contributed by atoms with E-state index >= 15 is 0 Å². The van der Waals surface area contributed by atoms with Crippen LogP contribution in [0.1, 0.15) is 114 Å². The maximum Gasteiger partial charge on any atom is 0.269 e. The largest absolute Gasteiger partial charge is 0.368 e. The number of nitrogens with zero attached hydrogens (tertiary/aromatic N) is 7. The number of likely N-dealkylation sites (tertiary alicyclic amines) is 1. The predicted octanol–water partition coefficient (Wildman–Crippen LogP) is 5.30.